The van der Waals surface area contributed by atoms with Crippen molar-refractivity contribution in [3.8, 4) is 0 Å². The highest BCUT2D eigenvalue weighted by molar-refractivity contribution is 9.10. The summed E-state index contributed by atoms with van der Waals surface area (Å²) in [6.45, 7) is -0.0625. The number of ether oxygens (including phenoxy) is 2. The predicted octanol–water partition coefficient (Wildman–Crippen LogP) is 3.86. The van der Waals surface area contributed by atoms with E-state index in [1.807, 2.05) is 0 Å². The number of amides is 1. The van der Waals surface area contributed by atoms with E-state index in [1.54, 1.807) is 24.4 Å². The zero-order valence-electron chi connectivity index (χ0n) is 16.7. The zero-order valence-corrected chi connectivity index (χ0v) is 18.3. The highest BCUT2D eigenvalue weighted by atomic mass is 79.9. The molecule has 0 aliphatic carbocycles. The first-order chi connectivity index (χ1) is 15.7. The number of nitrogens with one attached hydrogen (secondary N) is 1. The maximum atomic E-state index is 12.9. The van der Waals surface area contributed by atoms with Crippen molar-refractivity contribution in [2.45, 2.75) is 19.0 Å². The number of hydrogen-bond donors (Lipinski definition) is 1. The Labute approximate surface area is 191 Å². The van der Waals surface area contributed by atoms with Gasteiger partial charge in [0, 0.05) is 29.4 Å². The lowest BCUT2D eigenvalue weighted by Gasteiger charge is -2.18. The van der Waals surface area contributed by atoms with E-state index in [0.717, 1.165) is 7.11 Å². The zero-order chi connectivity index (χ0) is 23.8. The van der Waals surface area contributed by atoms with Crippen molar-refractivity contribution in [2.75, 3.05) is 7.11 Å². The number of fused-ring (bicyclic) bond motifs is 2. The second-order valence-electron chi connectivity index (χ2n) is 6.73. The monoisotopic (exact) mass is 526 g/mol. The van der Waals surface area contributed by atoms with Crippen molar-refractivity contribution in [1.82, 2.24) is 19.9 Å². The molecule has 0 saturated heterocycles. The summed E-state index contributed by atoms with van der Waals surface area (Å²) in [5.74, 6) is -1.49. The molecule has 0 bridgehead atoms. The highest BCUT2D eigenvalue weighted by Gasteiger charge is 2.44. The standard InChI is InChI=1S/C20H14BrF3N4O5/c1-31-19(20(22,23)24)33-18(30)13-7-11(21)5-10-6-12(32-15(10)13)8-26-17(29)14-9-27-28-4-2-3-25-16(14)28/h2-7,9,19H,8H2,1H3,(H,26,29). The first-order valence-electron chi connectivity index (χ1n) is 9.26. The minimum atomic E-state index is -4.90. The molecule has 0 radical (unpaired) electrons. The average Bonchev–Trinajstić information content (AvgIpc) is 3.38. The Morgan fingerprint density at radius 1 is 1.27 bits per heavy atom. The molecule has 33 heavy (non-hydrogen) atoms. The molecular formula is C20H14BrF3N4O5. The third-order valence-corrected chi connectivity index (χ3v) is 4.95. The van der Waals surface area contributed by atoms with Gasteiger partial charge in [-0.3, -0.25) is 4.79 Å². The summed E-state index contributed by atoms with van der Waals surface area (Å²) in [4.78, 5) is 29.1. The summed E-state index contributed by atoms with van der Waals surface area (Å²) in [5, 5.41) is 7.11. The van der Waals surface area contributed by atoms with Crippen molar-refractivity contribution >= 4 is 44.4 Å². The summed E-state index contributed by atoms with van der Waals surface area (Å²) in [7, 11) is 0.773. The van der Waals surface area contributed by atoms with E-state index in [4.69, 9.17) is 4.42 Å². The molecule has 13 heteroatoms. The number of esters is 1. The SMILES string of the molecule is COC(OC(=O)c1cc(Br)cc2cc(CNC(=O)c3cnn4cccnc34)oc12)C(F)(F)F. The number of hydrogen-bond acceptors (Lipinski definition) is 7. The van der Waals surface area contributed by atoms with E-state index in [0.29, 0.717) is 15.5 Å². The van der Waals surface area contributed by atoms with Crippen LogP contribution in [0.1, 0.15) is 26.5 Å². The van der Waals surface area contributed by atoms with E-state index in [1.165, 1.54) is 23.0 Å². The number of alkyl halides is 3. The van der Waals surface area contributed by atoms with Gasteiger partial charge in [0.1, 0.15) is 22.5 Å². The highest BCUT2D eigenvalue weighted by Crippen LogP contribution is 2.30. The largest absolute Gasteiger partial charge is 0.458 e. The first-order valence-corrected chi connectivity index (χ1v) is 10.1. The Balaban J connectivity index is 1.55. The summed E-state index contributed by atoms with van der Waals surface area (Å²) < 4.78 is 54.9. The van der Waals surface area contributed by atoms with Gasteiger partial charge in [-0.15, -0.1) is 0 Å². The van der Waals surface area contributed by atoms with Crippen LogP contribution in [0.2, 0.25) is 0 Å². The Bertz CT molecular complexity index is 1350. The Morgan fingerprint density at radius 3 is 2.79 bits per heavy atom. The number of nitrogens with zero attached hydrogens (tertiary/aromatic N) is 3. The summed E-state index contributed by atoms with van der Waals surface area (Å²) in [5.41, 5.74) is 0.375. The Kier molecular flexibility index (Phi) is 6.08. The molecule has 4 aromatic rings. The quantitative estimate of drug-likeness (QED) is 0.300. The molecular weight excluding hydrogens is 513 g/mol. The number of benzene rings is 1. The molecule has 4 rings (SSSR count). The maximum absolute atomic E-state index is 12.9. The number of carbonyl (C=O) groups is 2. The molecule has 0 aliphatic rings. The molecule has 3 aromatic heterocycles. The summed E-state index contributed by atoms with van der Waals surface area (Å²) in [6.07, 6.45) is -3.09. The normalized spacial score (nSPS) is 12.8. The summed E-state index contributed by atoms with van der Waals surface area (Å²) in [6, 6.07) is 6.08. The van der Waals surface area contributed by atoms with Gasteiger partial charge < -0.3 is 19.2 Å². The number of aromatic nitrogens is 3. The second-order valence-corrected chi connectivity index (χ2v) is 7.64. The molecule has 1 aromatic carbocycles. The van der Waals surface area contributed by atoms with E-state index in [2.05, 4.69) is 40.8 Å². The molecule has 1 atom stereocenters. The number of halogens is 4. The molecule has 0 fully saturated rings. The van der Waals surface area contributed by atoms with E-state index < -0.39 is 24.3 Å². The topological polar surface area (TPSA) is 108 Å². The number of carbonyl (C=O) groups excluding carboxylic acids is 2. The lowest BCUT2D eigenvalue weighted by molar-refractivity contribution is -0.283. The Morgan fingerprint density at radius 2 is 2.06 bits per heavy atom. The van der Waals surface area contributed by atoms with Crippen LogP contribution in [0, 0.1) is 0 Å². The van der Waals surface area contributed by atoms with Crippen molar-refractivity contribution in [3.05, 3.63) is 64.2 Å². The molecule has 0 saturated carbocycles. The van der Waals surface area contributed by atoms with Gasteiger partial charge in [0.25, 0.3) is 12.2 Å². The molecule has 172 valence electrons. The summed E-state index contributed by atoms with van der Waals surface area (Å²) >= 11 is 3.21. The van der Waals surface area contributed by atoms with Crippen LogP contribution in [0.25, 0.3) is 16.6 Å². The van der Waals surface area contributed by atoms with Crippen LogP contribution in [0.3, 0.4) is 0 Å². The van der Waals surface area contributed by atoms with Crippen LogP contribution in [-0.4, -0.2) is 46.1 Å². The smallest absolute Gasteiger partial charge is 0.452 e. The van der Waals surface area contributed by atoms with Crippen molar-refractivity contribution < 1.29 is 36.7 Å². The fourth-order valence-corrected chi connectivity index (χ4v) is 3.54. The molecule has 1 amide bonds. The lowest BCUT2D eigenvalue weighted by atomic mass is 10.1. The molecule has 0 spiro atoms. The van der Waals surface area contributed by atoms with Crippen LogP contribution in [0.15, 0.2) is 51.7 Å². The van der Waals surface area contributed by atoms with Crippen molar-refractivity contribution in [3.63, 3.8) is 0 Å². The molecule has 0 aliphatic heterocycles. The van der Waals surface area contributed by atoms with Crippen molar-refractivity contribution in [2.24, 2.45) is 0 Å². The first kappa shape index (κ1) is 22.7. The lowest BCUT2D eigenvalue weighted by Crippen LogP contribution is -2.35. The van der Waals surface area contributed by atoms with Gasteiger partial charge in [0.05, 0.1) is 12.7 Å². The van der Waals surface area contributed by atoms with Gasteiger partial charge >= 0.3 is 12.1 Å². The van der Waals surface area contributed by atoms with E-state index >= 15 is 0 Å². The van der Waals surface area contributed by atoms with Crippen LogP contribution >= 0.6 is 15.9 Å². The van der Waals surface area contributed by atoms with Gasteiger partial charge in [-0.2, -0.15) is 18.3 Å². The molecule has 1 N–H and O–H groups in total. The fraction of sp³-hybridized carbons (Fsp3) is 0.200. The van der Waals surface area contributed by atoms with Crippen LogP contribution in [-0.2, 0) is 16.0 Å². The minimum absolute atomic E-state index is 0.00197. The second kappa shape index (κ2) is 8.83. The van der Waals surface area contributed by atoms with Gasteiger partial charge in [-0.05, 0) is 24.3 Å². The molecule has 1 unspecified atom stereocenters. The van der Waals surface area contributed by atoms with Gasteiger partial charge in [0.2, 0.25) is 0 Å². The third kappa shape index (κ3) is 4.68. The van der Waals surface area contributed by atoms with Crippen LogP contribution in [0.4, 0.5) is 13.2 Å². The third-order valence-electron chi connectivity index (χ3n) is 4.49. The Hall–Kier alpha value is -3.45. The van der Waals surface area contributed by atoms with Gasteiger partial charge in [0.15, 0.2) is 5.65 Å². The van der Waals surface area contributed by atoms with Crippen LogP contribution in [0.5, 0.6) is 0 Å². The molecule has 3 heterocycles. The number of methoxy groups -OCH3 is 1. The minimum Gasteiger partial charge on any atom is -0.458 e. The van der Waals surface area contributed by atoms with E-state index in [9.17, 15) is 22.8 Å². The van der Waals surface area contributed by atoms with Gasteiger partial charge in [-0.25, -0.2) is 14.3 Å². The molecule has 9 nitrogen and oxygen atoms in total. The predicted molar refractivity (Wildman–Crippen MR) is 110 cm³/mol. The van der Waals surface area contributed by atoms with Crippen LogP contribution < -0.4 is 5.32 Å². The van der Waals surface area contributed by atoms with Crippen molar-refractivity contribution in [1.29, 1.82) is 0 Å². The number of furan rings is 1. The van der Waals surface area contributed by atoms with E-state index in [-0.39, 0.29) is 29.0 Å². The maximum Gasteiger partial charge on any atom is 0.452 e. The van der Waals surface area contributed by atoms with Gasteiger partial charge in [-0.1, -0.05) is 15.9 Å². The number of rotatable bonds is 6. The average molecular weight is 527 g/mol. The fourth-order valence-electron chi connectivity index (χ4n) is 3.07.